The van der Waals surface area contributed by atoms with Crippen molar-refractivity contribution in [1.29, 1.82) is 0 Å². The summed E-state index contributed by atoms with van der Waals surface area (Å²) in [5.41, 5.74) is 0.809. The molecule has 0 aliphatic heterocycles. The number of benzene rings is 1. The number of furan rings is 1. The fourth-order valence-electron chi connectivity index (χ4n) is 1.41. The summed E-state index contributed by atoms with van der Waals surface area (Å²) in [5, 5.41) is 1.02. The number of rotatable bonds is 2. The summed E-state index contributed by atoms with van der Waals surface area (Å²) in [4.78, 5) is 10.9. The topological polar surface area (TPSA) is 30.2 Å². The first kappa shape index (κ1) is 9.46. The largest absolute Gasteiger partial charge is 0.459 e. The normalized spacial score (nSPS) is 10.7. The highest BCUT2D eigenvalue weighted by atomic mass is 79.9. The highest BCUT2D eigenvalue weighted by molar-refractivity contribution is 9.10. The lowest BCUT2D eigenvalue weighted by Crippen LogP contribution is -1.93. The van der Waals surface area contributed by atoms with E-state index in [2.05, 4.69) is 15.9 Å². The van der Waals surface area contributed by atoms with Crippen molar-refractivity contribution in [3.63, 3.8) is 0 Å². The van der Waals surface area contributed by atoms with Gasteiger partial charge in [-0.15, -0.1) is 0 Å². The highest BCUT2D eigenvalue weighted by Gasteiger charge is 2.07. The SMILES string of the molecule is CC(=O)Cc1cc2cccc(Br)c2o1. The zero-order valence-corrected chi connectivity index (χ0v) is 9.30. The summed E-state index contributed by atoms with van der Waals surface area (Å²) >= 11 is 3.40. The zero-order valence-electron chi connectivity index (χ0n) is 7.71. The van der Waals surface area contributed by atoms with E-state index in [9.17, 15) is 4.79 Å². The number of Topliss-reactive ketones (excluding diaryl/α,β-unsaturated/α-hetero) is 1. The maximum absolute atomic E-state index is 10.9. The van der Waals surface area contributed by atoms with Crippen LogP contribution in [0.5, 0.6) is 0 Å². The summed E-state index contributed by atoms with van der Waals surface area (Å²) in [6.07, 6.45) is 0.362. The van der Waals surface area contributed by atoms with Gasteiger partial charge in [-0.3, -0.25) is 4.79 Å². The number of fused-ring (bicyclic) bond motifs is 1. The summed E-state index contributed by atoms with van der Waals surface area (Å²) in [5.74, 6) is 0.833. The minimum Gasteiger partial charge on any atom is -0.459 e. The minimum atomic E-state index is 0.111. The summed E-state index contributed by atoms with van der Waals surface area (Å²) in [6.45, 7) is 1.56. The van der Waals surface area contributed by atoms with Gasteiger partial charge in [-0.2, -0.15) is 0 Å². The average molecular weight is 253 g/mol. The Hall–Kier alpha value is -1.09. The molecule has 0 unspecified atom stereocenters. The van der Waals surface area contributed by atoms with Crippen LogP contribution in [0.15, 0.2) is 33.2 Å². The fourth-order valence-corrected chi connectivity index (χ4v) is 1.88. The molecular formula is C11H9BrO2. The molecule has 1 aromatic carbocycles. The molecule has 0 saturated heterocycles. The van der Waals surface area contributed by atoms with E-state index in [-0.39, 0.29) is 5.78 Å². The molecule has 0 radical (unpaired) electrons. The number of hydrogen-bond acceptors (Lipinski definition) is 2. The zero-order chi connectivity index (χ0) is 10.1. The maximum atomic E-state index is 10.9. The van der Waals surface area contributed by atoms with Crippen LogP contribution in [0, 0.1) is 0 Å². The second-order valence-corrected chi connectivity index (χ2v) is 4.10. The molecule has 2 nitrogen and oxygen atoms in total. The molecule has 1 heterocycles. The van der Waals surface area contributed by atoms with Gasteiger partial charge in [0.25, 0.3) is 0 Å². The lowest BCUT2D eigenvalue weighted by Gasteiger charge is -1.90. The predicted molar refractivity (Wildman–Crippen MR) is 58.3 cm³/mol. The first-order valence-corrected chi connectivity index (χ1v) is 5.12. The van der Waals surface area contributed by atoms with Gasteiger partial charge in [0.05, 0.1) is 10.9 Å². The number of carbonyl (C=O) groups excluding carboxylic acids is 1. The second kappa shape index (κ2) is 3.58. The molecule has 14 heavy (non-hydrogen) atoms. The van der Waals surface area contributed by atoms with E-state index < -0.39 is 0 Å². The average Bonchev–Trinajstić information content (AvgIpc) is 2.47. The van der Waals surface area contributed by atoms with Crippen LogP contribution < -0.4 is 0 Å². The molecule has 0 amide bonds. The van der Waals surface area contributed by atoms with E-state index in [1.54, 1.807) is 6.92 Å². The maximum Gasteiger partial charge on any atom is 0.148 e. The number of halogens is 1. The Morgan fingerprint density at radius 3 is 2.93 bits per heavy atom. The van der Waals surface area contributed by atoms with Crippen molar-refractivity contribution < 1.29 is 9.21 Å². The molecule has 0 spiro atoms. The molecule has 3 heteroatoms. The molecule has 0 saturated carbocycles. The Bertz CT molecular complexity index is 485. The molecule has 0 aliphatic carbocycles. The first-order chi connectivity index (χ1) is 6.66. The van der Waals surface area contributed by atoms with Crippen LogP contribution in [0.4, 0.5) is 0 Å². The van der Waals surface area contributed by atoms with Crippen molar-refractivity contribution in [3.8, 4) is 0 Å². The van der Waals surface area contributed by atoms with Crippen LogP contribution in [0.1, 0.15) is 12.7 Å². The molecule has 0 bridgehead atoms. The molecular weight excluding hydrogens is 244 g/mol. The molecule has 2 aromatic rings. The number of para-hydroxylation sites is 1. The Morgan fingerprint density at radius 2 is 2.29 bits per heavy atom. The number of hydrogen-bond donors (Lipinski definition) is 0. The van der Waals surface area contributed by atoms with Crippen molar-refractivity contribution in [2.75, 3.05) is 0 Å². The van der Waals surface area contributed by atoms with Crippen molar-refractivity contribution in [1.82, 2.24) is 0 Å². The van der Waals surface area contributed by atoms with Gasteiger partial charge in [-0.25, -0.2) is 0 Å². The third kappa shape index (κ3) is 1.73. The quantitative estimate of drug-likeness (QED) is 0.821. The van der Waals surface area contributed by atoms with Gasteiger partial charge in [0.1, 0.15) is 17.1 Å². The van der Waals surface area contributed by atoms with Gasteiger partial charge in [0.2, 0.25) is 0 Å². The van der Waals surface area contributed by atoms with E-state index >= 15 is 0 Å². The lowest BCUT2D eigenvalue weighted by atomic mass is 10.2. The Labute approximate surface area is 90.0 Å². The van der Waals surface area contributed by atoms with Gasteiger partial charge in [0, 0.05) is 5.39 Å². The van der Waals surface area contributed by atoms with E-state index in [0.29, 0.717) is 6.42 Å². The van der Waals surface area contributed by atoms with Crippen LogP contribution in [-0.2, 0) is 11.2 Å². The molecule has 2 rings (SSSR count). The Morgan fingerprint density at radius 1 is 1.50 bits per heavy atom. The van der Waals surface area contributed by atoms with Gasteiger partial charge in [-0.1, -0.05) is 12.1 Å². The predicted octanol–water partition coefficient (Wildman–Crippen LogP) is 3.33. The van der Waals surface area contributed by atoms with Crippen LogP contribution in [-0.4, -0.2) is 5.78 Å². The third-order valence-electron chi connectivity index (χ3n) is 1.97. The van der Waals surface area contributed by atoms with Gasteiger partial charge in [0.15, 0.2) is 0 Å². The summed E-state index contributed by atoms with van der Waals surface area (Å²) in [6, 6.07) is 7.73. The lowest BCUT2D eigenvalue weighted by molar-refractivity contribution is -0.116. The number of carbonyl (C=O) groups is 1. The van der Waals surface area contributed by atoms with E-state index in [1.165, 1.54) is 0 Å². The number of ketones is 1. The standard InChI is InChI=1S/C11H9BrO2/c1-7(13)5-9-6-8-3-2-4-10(12)11(8)14-9/h2-4,6H,5H2,1H3. The van der Waals surface area contributed by atoms with Crippen LogP contribution in [0.2, 0.25) is 0 Å². The fraction of sp³-hybridized carbons (Fsp3) is 0.182. The van der Waals surface area contributed by atoms with Crippen LogP contribution in [0.25, 0.3) is 11.0 Å². The van der Waals surface area contributed by atoms with E-state index in [0.717, 1.165) is 21.2 Å². The van der Waals surface area contributed by atoms with Crippen LogP contribution in [0.3, 0.4) is 0 Å². The molecule has 0 N–H and O–H groups in total. The second-order valence-electron chi connectivity index (χ2n) is 3.25. The van der Waals surface area contributed by atoms with Gasteiger partial charge < -0.3 is 4.42 Å². The first-order valence-electron chi connectivity index (χ1n) is 4.33. The van der Waals surface area contributed by atoms with Crippen molar-refractivity contribution in [3.05, 3.63) is 34.5 Å². The molecule has 0 fully saturated rings. The summed E-state index contributed by atoms with van der Waals surface area (Å²) in [7, 11) is 0. The highest BCUT2D eigenvalue weighted by Crippen LogP contribution is 2.27. The van der Waals surface area contributed by atoms with Crippen molar-refractivity contribution >= 4 is 32.7 Å². The van der Waals surface area contributed by atoms with E-state index in [1.807, 2.05) is 24.3 Å². The Kier molecular flexibility index (Phi) is 2.42. The minimum absolute atomic E-state index is 0.111. The van der Waals surface area contributed by atoms with Gasteiger partial charge in [-0.05, 0) is 35.0 Å². The van der Waals surface area contributed by atoms with Crippen molar-refractivity contribution in [2.45, 2.75) is 13.3 Å². The van der Waals surface area contributed by atoms with Crippen molar-refractivity contribution in [2.24, 2.45) is 0 Å². The molecule has 1 aromatic heterocycles. The van der Waals surface area contributed by atoms with Crippen LogP contribution >= 0.6 is 15.9 Å². The van der Waals surface area contributed by atoms with E-state index in [4.69, 9.17) is 4.42 Å². The smallest absolute Gasteiger partial charge is 0.148 e. The Balaban J connectivity index is 2.51. The monoisotopic (exact) mass is 252 g/mol. The third-order valence-corrected chi connectivity index (χ3v) is 2.59. The summed E-state index contributed by atoms with van der Waals surface area (Å²) < 4.78 is 6.46. The van der Waals surface area contributed by atoms with Gasteiger partial charge >= 0.3 is 0 Å². The molecule has 0 atom stereocenters. The molecule has 72 valence electrons. The molecule has 0 aliphatic rings.